The summed E-state index contributed by atoms with van der Waals surface area (Å²) < 4.78 is 0. The van der Waals surface area contributed by atoms with Crippen LogP contribution in [0, 0.1) is 58.2 Å². The van der Waals surface area contributed by atoms with Gasteiger partial charge in [-0.3, -0.25) is 4.79 Å². The highest BCUT2D eigenvalue weighted by molar-refractivity contribution is 5.66. The van der Waals surface area contributed by atoms with Gasteiger partial charge in [-0.25, -0.2) is 4.98 Å². The molecule has 1 aromatic heterocycles. The molecule has 4 aliphatic rings. The minimum atomic E-state index is -1.02. The molecule has 36 heavy (non-hydrogen) atoms. The lowest BCUT2D eigenvalue weighted by Crippen LogP contribution is -2.60. The van der Waals surface area contributed by atoms with Crippen molar-refractivity contribution in [1.82, 2.24) is 4.98 Å². The molecule has 1 aromatic rings. The van der Waals surface area contributed by atoms with Gasteiger partial charge in [-0.05, 0) is 122 Å². The first-order valence-corrected chi connectivity index (χ1v) is 14.1. The van der Waals surface area contributed by atoms with Gasteiger partial charge in [0.2, 0.25) is 0 Å². The summed E-state index contributed by atoms with van der Waals surface area (Å²) in [7, 11) is 0. The summed E-state index contributed by atoms with van der Waals surface area (Å²) >= 11 is 0. The van der Waals surface area contributed by atoms with Gasteiger partial charge in [0.15, 0.2) is 0 Å². The van der Waals surface area contributed by atoms with Crippen molar-refractivity contribution in [1.29, 1.82) is 0 Å². The number of fused-ring (bicyclic) bond motifs is 5. The quantitative estimate of drug-likeness (QED) is 0.496. The minimum absolute atomic E-state index is 0.122. The van der Waals surface area contributed by atoms with E-state index in [1.54, 1.807) is 6.20 Å². The van der Waals surface area contributed by atoms with Crippen molar-refractivity contribution in [2.24, 2.45) is 46.3 Å². The third kappa shape index (κ3) is 4.39. The number of aromatic nitrogens is 1. The van der Waals surface area contributed by atoms with Crippen LogP contribution in [0.3, 0.4) is 0 Å². The molecule has 0 aliphatic heterocycles. The fourth-order valence-corrected chi connectivity index (χ4v) is 9.47. The molecule has 0 aromatic carbocycles. The molecule has 1 heterocycles. The van der Waals surface area contributed by atoms with Crippen molar-refractivity contribution in [3.05, 3.63) is 30.1 Å². The third-order valence-electron chi connectivity index (χ3n) is 11.4. The van der Waals surface area contributed by atoms with Gasteiger partial charge in [-0.15, -0.1) is 0 Å². The van der Waals surface area contributed by atoms with Crippen LogP contribution in [-0.4, -0.2) is 38.0 Å². The highest BCUT2D eigenvalue weighted by atomic mass is 16.4. The molecule has 5 heteroatoms. The van der Waals surface area contributed by atoms with E-state index in [2.05, 4.69) is 37.6 Å². The van der Waals surface area contributed by atoms with Crippen molar-refractivity contribution in [3.63, 3.8) is 0 Å². The number of carboxylic acid groups (broad SMARTS) is 1. The average molecular weight is 494 g/mol. The zero-order chi connectivity index (χ0) is 25.7. The number of aliphatic hydroxyl groups is 2. The molecule has 4 fully saturated rings. The first kappa shape index (κ1) is 25.7. The van der Waals surface area contributed by atoms with Gasteiger partial charge in [0.25, 0.3) is 0 Å². The lowest BCUT2D eigenvalue weighted by molar-refractivity contribution is -0.181. The maximum atomic E-state index is 11.6. The SMILES string of the molecule is C[C@H](CCC(=O)O)[C@H]1CC[C@H]2[C@@H]3[C@H](O)C[C@@H]4C[C@@](O)(C#Cc5ccccn5)CC[C@]4(C)[C@H]3CC[C@]12C. The van der Waals surface area contributed by atoms with Crippen molar-refractivity contribution in [2.75, 3.05) is 0 Å². The zero-order valence-corrected chi connectivity index (χ0v) is 22.1. The number of rotatable bonds is 4. The monoisotopic (exact) mass is 493 g/mol. The lowest BCUT2D eigenvalue weighted by Gasteiger charge is -2.63. The summed E-state index contributed by atoms with van der Waals surface area (Å²) in [4.78, 5) is 15.5. The Balaban J connectivity index is 1.33. The predicted molar refractivity (Wildman–Crippen MR) is 139 cm³/mol. The summed E-state index contributed by atoms with van der Waals surface area (Å²) in [6.07, 6.45) is 9.97. The number of hydrogen-bond donors (Lipinski definition) is 3. The summed E-state index contributed by atoms with van der Waals surface area (Å²) in [5.41, 5.74) is -0.0256. The fourth-order valence-electron chi connectivity index (χ4n) is 9.47. The van der Waals surface area contributed by atoms with Crippen molar-refractivity contribution in [3.8, 4) is 11.8 Å². The van der Waals surface area contributed by atoms with Gasteiger partial charge in [-0.1, -0.05) is 32.8 Å². The van der Waals surface area contributed by atoms with E-state index in [-0.39, 0.29) is 29.3 Å². The van der Waals surface area contributed by atoms with Crippen molar-refractivity contribution >= 4 is 5.97 Å². The number of aliphatic carboxylic acids is 1. The zero-order valence-electron chi connectivity index (χ0n) is 22.1. The van der Waals surface area contributed by atoms with Gasteiger partial charge >= 0.3 is 5.97 Å². The average Bonchev–Trinajstić information content (AvgIpc) is 3.20. The molecular formula is C31H43NO4. The standard InChI is InChI=1S/C31H43NO4/c1-20(7-10-27(34)35)23-8-9-24-28-25(12-13-30(23,24)3)29(2)15-16-31(36,19-21(29)18-26(28)33)14-11-22-6-4-5-17-32-22/h4-6,17,20-21,23-26,28,33,36H,7-10,12-13,15-16,18-19H2,1-3H3,(H,34,35)/t20-,21-,23-,24+,25+,26-,28+,29+,30-,31-/m1/s1. The molecule has 5 nitrogen and oxygen atoms in total. The molecule has 4 aliphatic carbocycles. The second kappa shape index (κ2) is 9.44. The van der Waals surface area contributed by atoms with Gasteiger partial charge in [0.05, 0.1) is 6.10 Å². The van der Waals surface area contributed by atoms with Gasteiger partial charge in [-0.2, -0.15) is 0 Å². The number of aliphatic hydroxyl groups excluding tert-OH is 1. The van der Waals surface area contributed by atoms with Crippen LogP contribution in [0.15, 0.2) is 24.4 Å². The van der Waals surface area contributed by atoms with Gasteiger partial charge in [0.1, 0.15) is 11.3 Å². The highest BCUT2D eigenvalue weighted by Crippen LogP contribution is 2.68. The molecule has 0 amide bonds. The largest absolute Gasteiger partial charge is 0.481 e. The van der Waals surface area contributed by atoms with E-state index in [1.807, 2.05) is 18.2 Å². The van der Waals surface area contributed by atoms with E-state index in [9.17, 15) is 20.1 Å². The van der Waals surface area contributed by atoms with Crippen LogP contribution in [0.2, 0.25) is 0 Å². The summed E-state index contributed by atoms with van der Waals surface area (Å²) in [6, 6.07) is 5.65. The Morgan fingerprint density at radius 2 is 1.92 bits per heavy atom. The normalized spacial score (nSPS) is 44.4. The van der Waals surface area contributed by atoms with E-state index in [0.29, 0.717) is 48.1 Å². The fraction of sp³-hybridized carbons (Fsp3) is 0.742. The molecule has 0 saturated heterocycles. The Labute approximate surface area is 216 Å². The van der Waals surface area contributed by atoms with Crippen LogP contribution in [0.1, 0.15) is 90.7 Å². The maximum absolute atomic E-state index is 11.6. The molecule has 10 atom stereocenters. The van der Waals surface area contributed by atoms with E-state index in [1.165, 1.54) is 6.42 Å². The molecule has 0 unspecified atom stereocenters. The Hall–Kier alpha value is -1.90. The first-order chi connectivity index (χ1) is 17.1. The molecule has 196 valence electrons. The molecule has 3 N–H and O–H groups in total. The number of carbonyl (C=O) groups is 1. The van der Waals surface area contributed by atoms with Crippen LogP contribution in [0.5, 0.6) is 0 Å². The van der Waals surface area contributed by atoms with Crippen molar-refractivity contribution < 1.29 is 20.1 Å². The highest BCUT2D eigenvalue weighted by Gasteiger charge is 2.63. The van der Waals surface area contributed by atoms with Crippen LogP contribution in [0.25, 0.3) is 0 Å². The van der Waals surface area contributed by atoms with Crippen LogP contribution in [-0.2, 0) is 4.79 Å². The second-order valence-electron chi connectivity index (χ2n) is 13.1. The molecule has 4 saturated carbocycles. The first-order valence-electron chi connectivity index (χ1n) is 14.1. The lowest BCUT2D eigenvalue weighted by atomic mass is 9.43. The number of pyridine rings is 1. The summed E-state index contributed by atoms with van der Waals surface area (Å²) in [6.45, 7) is 7.12. The Morgan fingerprint density at radius 1 is 1.14 bits per heavy atom. The second-order valence-corrected chi connectivity index (χ2v) is 13.1. The minimum Gasteiger partial charge on any atom is -0.481 e. The predicted octanol–water partition coefficient (Wildman–Crippen LogP) is 5.29. The van der Waals surface area contributed by atoms with E-state index in [4.69, 9.17) is 0 Å². The van der Waals surface area contributed by atoms with Gasteiger partial charge < -0.3 is 15.3 Å². The number of carboxylic acids is 1. The Kier molecular flexibility index (Phi) is 6.75. The van der Waals surface area contributed by atoms with Crippen molar-refractivity contribution in [2.45, 2.75) is 96.7 Å². The van der Waals surface area contributed by atoms with E-state index >= 15 is 0 Å². The topological polar surface area (TPSA) is 90.7 Å². The molecular weight excluding hydrogens is 450 g/mol. The smallest absolute Gasteiger partial charge is 0.303 e. The summed E-state index contributed by atoms with van der Waals surface area (Å²) in [5, 5.41) is 32.2. The number of nitrogens with zero attached hydrogens (tertiary/aromatic N) is 1. The Bertz CT molecular complexity index is 1030. The van der Waals surface area contributed by atoms with Gasteiger partial charge in [0, 0.05) is 12.6 Å². The van der Waals surface area contributed by atoms with Crippen LogP contribution in [0.4, 0.5) is 0 Å². The van der Waals surface area contributed by atoms with Crippen LogP contribution >= 0.6 is 0 Å². The maximum Gasteiger partial charge on any atom is 0.303 e. The molecule has 5 rings (SSSR count). The molecule has 0 bridgehead atoms. The van der Waals surface area contributed by atoms with Crippen LogP contribution < -0.4 is 0 Å². The molecule has 0 spiro atoms. The molecule has 0 radical (unpaired) electrons. The number of hydrogen-bond acceptors (Lipinski definition) is 4. The van der Waals surface area contributed by atoms with E-state index in [0.717, 1.165) is 38.5 Å². The van der Waals surface area contributed by atoms with E-state index < -0.39 is 11.6 Å². The summed E-state index contributed by atoms with van der Waals surface area (Å²) in [5.74, 6) is 8.04. The Morgan fingerprint density at radius 3 is 2.64 bits per heavy atom. The third-order valence-corrected chi connectivity index (χ3v) is 11.4.